The SMILES string of the molecule is COCCn1c(SCC(=O)Nc2cc(C)cc(C)c2)nc2c(c1=O)SC(C)C2. The number of fused-ring (bicyclic) bond motifs is 1. The van der Waals surface area contributed by atoms with Gasteiger partial charge in [0.15, 0.2) is 5.16 Å². The average molecular weight is 420 g/mol. The number of amides is 1. The van der Waals surface area contributed by atoms with Gasteiger partial charge in [-0.3, -0.25) is 14.2 Å². The highest BCUT2D eigenvalue weighted by molar-refractivity contribution is 8.00. The molecule has 0 spiro atoms. The first-order valence-corrected chi connectivity index (χ1v) is 11.0. The Morgan fingerprint density at radius 2 is 2.07 bits per heavy atom. The number of benzene rings is 1. The minimum Gasteiger partial charge on any atom is -0.383 e. The van der Waals surface area contributed by atoms with E-state index in [1.165, 1.54) is 11.8 Å². The minimum atomic E-state index is -0.120. The lowest BCUT2D eigenvalue weighted by atomic mass is 10.1. The zero-order valence-corrected chi connectivity index (χ0v) is 18.2. The van der Waals surface area contributed by atoms with Gasteiger partial charge in [-0.1, -0.05) is 24.8 Å². The molecule has 6 nitrogen and oxygen atoms in total. The van der Waals surface area contributed by atoms with E-state index < -0.39 is 0 Å². The number of nitrogens with one attached hydrogen (secondary N) is 1. The topological polar surface area (TPSA) is 73.2 Å². The molecule has 1 N–H and O–H groups in total. The summed E-state index contributed by atoms with van der Waals surface area (Å²) in [6, 6.07) is 5.94. The molecule has 0 aliphatic carbocycles. The second kappa shape index (κ2) is 9.15. The summed E-state index contributed by atoms with van der Waals surface area (Å²) in [6.45, 7) is 6.93. The van der Waals surface area contributed by atoms with Crippen molar-refractivity contribution in [3.05, 3.63) is 45.4 Å². The summed E-state index contributed by atoms with van der Waals surface area (Å²) >= 11 is 2.87. The zero-order chi connectivity index (χ0) is 20.3. The summed E-state index contributed by atoms with van der Waals surface area (Å²) in [5.41, 5.74) is 3.79. The first-order chi connectivity index (χ1) is 13.4. The molecule has 1 unspecified atom stereocenters. The Balaban J connectivity index is 1.75. The fourth-order valence-corrected chi connectivity index (χ4v) is 5.15. The molecule has 1 atom stereocenters. The van der Waals surface area contributed by atoms with Crippen molar-refractivity contribution in [1.29, 1.82) is 0 Å². The third-order valence-electron chi connectivity index (χ3n) is 4.32. The number of thioether (sulfide) groups is 2. The van der Waals surface area contributed by atoms with Gasteiger partial charge in [-0.25, -0.2) is 4.98 Å². The van der Waals surface area contributed by atoms with Crippen molar-refractivity contribution >= 4 is 35.1 Å². The van der Waals surface area contributed by atoms with Gasteiger partial charge >= 0.3 is 0 Å². The largest absolute Gasteiger partial charge is 0.383 e. The monoisotopic (exact) mass is 419 g/mol. The number of methoxy groups -OCH3 is 1. The number of aryl methyl sites for hydroxylation is 2. The second-order valence-electron chi connectivity index (χ2n) is 6.97. The highest BCUT2D eigenvalue weighted by Crippen LogP contribution is 2.34. The van der Waals surface area contributed by atoms with Crippen molar-refractivity contribution in [2.45, 2.75) is 49.0 Å². The van der Waals surface area contributed by atoms with Crippen molar-refractivity contribution in [2.75, 3.05) is 24.8 Å². The maximum atomic E-state index is 12.9. The number of aromatic nitrogens is 2. The van der Waals surface area contributed by atoms with Gasteiger partial charge in [-0.2, -0.15) is 0 Å². The van der Waals surface area contributed by atoms with E-state index in [4.69, 9.17) is 9.72 Å². The van der Waals surface area contributed by atoms with Crippen LogP contribution in [0.25, 0.3) is 0 Å². The molecule has 2 aromatic rings. The number of carbonyl (C=O) groups is 1. The Hall–Kier alpha value is -1.77. The fraction of sp³-hybridized carbons (Fsp3) is 0.450. The lowest BCUT2D eigenvalue weighted by Gasteiger charge is -2.13. The van der Waals surface area contributed by atoms with E-state index in [9.17, 15) is 9.59 Å². The Kier molecular flexibility index (Phi) is 6.85. The summed E-state index contributed by atoms with van der Waals surface area (Å²) in [6.07, 6.45) is 0.780. The van der Waals surface area contributed by atoms with Gasteiger partial charge in [0, 0.05) is 24.5 Å². The van der Waals surface area contributed by atoms with Gasteiger partial charge in [0.2, 0.25) is 5.91 Å². The third kappa shape index (κ3) is 4.98. The molecule has 1 aromatic carbocycles. The number of anilines is 1. The van der Waals surface area contributed by atoms with Crippen molar-refractivity contribution in [3.8, 4) is 0 Å². The number of nitrogens with zero attached hydrogens (tertiary/aromatic N) is 2. The van der Waals surface area contributed by atoms with Crippen LogP contribution in [0.15, 0.2) is 33.0 Å². The van der Waals surface area contributed by atoms with Crippen molar-refractivity contribution < 1.29 is 9.53 Å². The Labute approximate surface area is 173 Å². The van der Waals surface area contributed by atoms with Crippen molar-refractivity contribution in [3.63, 3.8) is 0 Å². The number of hydrogen-bond acceptors (Lipinski definition) is 6. The van der Waals surface area contributed by atoms with Crippen LogP contribution in [0, 0.1) is 13.8 Å². The van der Waals surface area contributed by atoms with Crippen LogP contribution >= 0.6 is 23.5 Å². The highest BCUT2D eigenvalue weighted by Gasteiger charge is 2.26. The lowest BCUT2D eigenvalue weighted by Crippen LogP contribution is -2.27. The lowest BCUT2D eigenvalue weighted by molar-refractivity contribution is -0.113. The smallest absolute Gasteiger partial charge is 0.268 e. The molecular formula is C20H25N3O3S2. The molecule has 1 aliphatic heterocycles. The quantitative estimate of drug-likeness (QED) is 0.548. The summed E-state index contributed by atoms with van der Waals surface area (Å²) < 4.78 is 6.77. The van der Waals surface area contributed by atoms with Gasteiger partial charge in [0.05, 0.1) is 29.5 Å². The van der Waals surface area contributed by atoms with E-state index in [1.807, 2.05) is 26.0 Å². The zero-order valence-electron chi connectivity index (χ0n) is 16.6. The highest BCUT2D eigenvalue weighted by atomic mass is 32.2. The van der Waals surface area contributed by atoms with Crippen molar-refractivity contribution in [2.24, 2.45) is 0 Å². The van der Waals surface area contributed by atoms with E-state index >= 15 is 0 Å². The molecule has 150 valence electrons. The second-order valence-corrected chi connectivity index (χ2v) is 9.36. The average Bonchev–Trinajstić information content (AvgIpc) is 2.99. The molecular weight excluding hydrogens is 394 g/mol. The molecule has 0 fully saturated rings. The predicted molar refractivity (Wildman–Crippen MR) is 115 cm³/mol. The van der Waals surface area contributed by atoms with Crippen LogP contribution in [0.5, 0.6) is 0 Å². The van der Waals surface area contributed by atoms with Crippen LogP contribution < -0.4 is 10.9 Å². The molecule has 1 amide bonds. The van der Waals surface area contributed by atoms with Gasteiger partial charge in [-0.15, -0.1) is 11.8 Å². The molecule has 0 saturated heterocycles. The molecule has 1 aromatic heterocycles. The van der Waals surface area contributed by atoms with Crippen LogP contribution in [0.3, 0.4) is 0 Å². The summed E-state index contributed by atoms with van der Waals surface area (Å²) in [7, 11) is 1.60. The van der Waals surface area contributed by atoms with Gasteiger partial charge in [0.1, 0.15) is 0 Å². The number of carbonyl (C=O) groups excluding carboxylic acids is 1. The summed E-state index contributed by atoms with van der Waals surface area (Å²) in [5, 5.41) is 3.85. The number of hydrogen-bond donors (Lipinski definition) is 1. The van der Waals surface area contributed by atoms with Crippen LogP contribution in [0.2, 0.25) is 0 Å². The van der Waals surface area contributed by atoms with E-state index in [-0.39, 0.29) is 17.2 Å². The molecule has 0 radical (unpaired) electrons. The minimum absolute atomic E-state index is 0.0337. The van der Waals surface area contributed by atoms with Gasteiger partial charge in [0.25, 0.3) is 5.56 Å². The third-order valence-corrected chi connectivity index (χ3v) is 6.51. The van der Waals surface area contributed by atoms with E-state index in [2.05, 4.69) is 18.3 Å². The van der Waals surface area contributed by atoms with Crippen LogP contribution in [0.4, 0.5) is 5.69 Å². The van der Waals surface area contributed by atoms with Crippen LogP contribution in [-0.2, 0) is 22.5 Å². The molecule has 1 aliphatic rings. The van der Waals surface area contributed by atoms with Crippen LogP contribution in [-0.4, -0.2) is 40.2 Å². The molecule has 0 bridgehead atoms. The molecule has 28 heavy (non-hydrogen) atoms. The van der Waals surface area contributed by atoms with E-state index in [0.717, 1.165) is 33.8 Å². The number of rotatable bonds is 7. The molecule has 2 heterocycles. The van der Waals surface area contributed by atoms with Gasteiger partial charge < -0.3 is 10.1 Å². The Bertz CT molecular complexity index is 923. The fourth-order valence-electron chi connectivity index (χ4n) is 3.20. The van der Waals surface area contributed by atoms with E-state index in [1.54, 1.807) is 23.4 Å². The van der Waals surface area contributed by atoms with Crippen molar-refractivity contribution in [1.82, 2.24) is 9.55 Å². The molecule has 8 heteroatoms. The normalized spacial score (nSPS) is 15.5. The van der Waals surface area contributed by atoms with E-state index in [0.29, 0.717) is 23.6 Å². The standard InChI is InChI=1S/C20H25N3O3S2/c1-12-7-13(2)9-15(8-12)21-17(24)11-27-20-22-16-10-14(3)28-18(16)19(25)23(20)5-6-26-4/h7-9,14H,5-6,10-11H2,1-4H3,(H,21,24). The maximum Gasteiger partial charge on any atom is 0.268 e. The Morgan fingerprint density at radius 3 is 2.75 bits per heavy atom. The first kappa shape index (κ1) is 21.0. The predicted octanol–water partition coefficient (Wildman–Crippen LogP) is 3.27. The summed E-state index contributed by atoms with van der Waals surface area (Å²) in [5.74, 6) is 0.0687. The summed E-state index contributed by atoms with van der Waals surface area (Å²) in [4.78, 5) is 30.7. The molecule has 3 rings (SSSR count). The number of ether oxygens (including phenoxy) is 1. The Morgan fingerprint density at radius 1 is 1.36 bits per heavy atom. The maximum absolute atomic E-state index is 12.9. The molecule has 0 saturated carbocycles. The van der Waals surface area contributed by atoms with Gasteiger partial charge in [-0.05, 0) is 37.1 Å². The first-order valence-electron chi connectivity index (χ1n) is 9.17. The van der Waals surface area contributed by atoms with Crippen LogP contribution in [0.1, 0.15) is 23.7 Å².